The minimum absolute atomic E-state index is 0.180. The first-order valence-corrected chi connectivity index (χ1v) is 9.50. The summed E-state index contributed by atoms with van der Waals surface area (Å²) in [6, 6.07) is 12.6. The molecular formula is C18H15Cl2N3O2S. The lowest BCUT2D eigenvalue weighted by Crippen LogP contribution is -2.23. The Morgan fingerprint density at radius 2 is 2.04 bits per heavy atom. The number of hydrogen-bond acceptors (Lipinski definition) is 5. The van der Waals surface area contributed by atoms with Gasteiger partial charge in [-0.3, -0.25) is 4.79 Å². The third-order valence-electron chi connectivity index (χ3n) is 3.51. The number of aryl methyl sites for hydroxylation is 1. The number of benzene rings is 2. The predicted molar refractivity (Wildman–Crippen MR) is 103 cm³/mol. The van der Waals surface area contributed by atoms with Gasteiger partial charge < -0.3 is 9.84 Å². The smallest absolute Gasteiger partial charge is 0.252 e. The highest BCUT2D eigenvalue weighted by molar-refractivity contribution is 7.98. The maximum Gasteiger partial charge on any atom is 0.252 e. The third-order valence-corrected chi connectivity index (χ3v) is 5.15. The van der Waals surface area contributed by atoms with Crippen molar-refractivity contribution in [3.05, 3.63) is 75.4 Å². The van der Waals surface area contributed by atoms with Crippen LogP contribution in [0.5, 0.6) is 0 Å². The van der Waals surface area contributed by atoms with Crippen LogP contribution in [0.2, 0.25) is 10.0 Å². The second-order valence-corrected chi connectivity index (χ2v) is 7.30. The van der Waals surface area contributed by atoms with Crippen molar-refractivity contribution in [2.24, 2.45) is 0 Å². The third kappa shape index (κ3) is 4.78. The fourth-order valence-corrected chi connectivity index (χ4v) is 3.62. The van der Waals surface area contributed by atoms with Gasteiger partial charge in [-0.15, -0.1) is 11.8 Å². The standard InChI is InChI=1S/C18H15Cl2N3O2S/c1-11-22-17(25-23-11)10-26-16-5-3-2-4-14(16)18(24)21-9-12-6-7-13(19)8-15(12)20/h2-8H,9-10H2,1H3,(H,21,24). The van der Waals surface area contributed by atoms with E-state index in [0.29, 0.717) is 39.6 Å². The molecule has 1 aromatic heterocycles. The topological polar surface area (TPSA) is 68.0 Å². The van der Waals surface area contributed by atoms with E-state index in [1.807, 2.05) is 18.2 Å². The first-order valence-electron chi connectivity index (χ1n) is 7.76. The van der Waals surface area contributed by atoms with Crippen LogP contribution in [0.15, 0.2) is 51.9 Å². The Morgan fingerprint density at radius 3 is 2.77 bits per heavy atom. The van der Waals surface area contributed by atoms with Gasteiger partial charge in [0.15, 0.2) is 5.82 Å². The van der Waals surface area contributed by atoms with Crippen molar-refractivity contribution >= 4 is 40.9 Å². The number of nitrogens with zero attached hydrogens (tertiary/aromatic N) is 2. The SMILES string of the molecule is Cc1noc(CSc2ccccc2C(=O)NCc2ccc(Cl)cc2Cl)n1. The van der Waals surface area contributed by atoms with Gasteiger partial charge in [0.25, 0.3) is 5.91 Å². The number of amides is 1. The molecule has 3 rings (SSSR count). The number of thioether (sulfide) groups is 1. The fourth-order valence-electron chi connectivity index (χ4n) is 2.25. The summed E-state index contributed by atoms with van der Waals surface area (Å²) in [5, 5.41) is 7.73. The molecule has 8 heteroatoms. The normalized spacial score (nSPS) is 10.7. The van der Waals surface area contributed by atoms with E-state index >= 15 is 0 Å². The molecule has 3 aromatic rings. The maximum atomic E-state index is 12.6. The summed E-state index contributed by atoms with van der Waals surface area (Å²) in [5.74, 6) is 1.43. The molecule has 0 spiro atoms. The monoisotopic (exact) mass is 407 g/mol. The van der Waals surface area contributed by atoms with Gasteiger partial charge in [0.2, 0.25) is 5.89 Å². The maximum absolute atomic E-state index is 12.6. The molecule has 5 nitrogen and oxygen atoms in total. The molecule has 1 heterocycles. The number of halogens is 2. The Balaban J connectivity index is 1.67. The van der Waals surface area contributed by atoms with E-state index in [-0.39, 0.29) is 5.91 Å². The van der Waals surface area contributed by atoms with E-state index in [9.17, 15) is 4.79 Å². The predicted octanol–water partition coefficient (Wildman–Crippen LogP) is 4.91. The summed E-state index contributed by atoms with van der Waals surface area (Å²) in [6.45, 7) is 2.08. The molecule has 26 heavy (non-hydrogen) atoms. The molecule has 1 N–H and O–H groups in total. The van der Waals surface area contributed by atoms with Gasteiger partial charge in [0, 0.05) is 21.5 Å². The average Bonchev–Trinajstić information content (AvgIpc) is 3.04. The summed E-state index contributed by atoms with van der Waals surface area (Å²) in [6.07, 6.45) is 0. The Labute approximate surface area is 165 Å². The van der Waals surface area contributed by atoms with Crippen LogP contribution in [-0.4, -0.2) is 16.0 Å². The van der Waals surface area contributed by atoms with Crippen molar-refractivity contribution < 1.29 is 9.32 Å². The van der Waals surface area contributed by atoms with Crippen LogP contribution in [-0.2, 0) is 12.3 Å². The largest absolute Gasteiger partial charge is 0.348 e. The molecule has 0 fully saturated rings. The zero-order chi connectivity index (χ0) is 18.5. The lowest BCUT2D eigenvalue weighted by molar-refractivity contribution is 0.0948. The van der Waals surface area contributed by atoms with Crippen molar-refractivity contribution in [3.63, 3.8) is 0 Å². The molecule has 1 amide bonds. The summed E-state index contributed by atoms with van der Waals surface area (Å²) in [4.78, 5) is 17.6. The van der Waals surface area contributed by atoms with Crippen LogP contribution < -0.4 is 5.32 Å². The van der Waals surface area contributed by atoms with E-state index in [2.05, 4.69) is 15.5 Å². The van der Waals surface area contributed by atoms with Crippen LogP contribution in [0.3, 0.4) is 0 Å². The van der Waals surface area contributed by atoms with E-state index in [4.69, 9.17) is 27.7 Å². The van der Waals surface area contributed by atoms with Gasteiger partial charge in [-0.1, -0.05) is 46.6 Å². The van der Waals surface area contributed by atoms with Crippen molar-refractivity contribution in [2.45, 2.75) is 24.1 Å². The van der Waals surface area contributed by atoms with Crippen molar-refractivity contribution in [1.29, 1.82) is 0 Å². The average molecular weight is 408 g/mol. The van der Waals surface area contributed by atoms with Gasteiger partial charge >= 0.3 is 0 Å². The summed E-state index contributed by atoms with van der Waals surface area (Å²) in [5.41, 5.74) is 1.38. The van der Waals surface area contributed by atoms with Crippen molar-refractivity contribution in [3.8, 4) is 0 Å². The van der Waals surface area contributed by atoms with Crippen LogP contribution in [0.25, 0.3) is 0 Å². The molecular weight excluding hydrogens is 393 g/mol. The zero-order valence-electron chi connectivity index (χ0n) is 13.8. The summed E-state index contributed by atoms with van der Waals surface area (Å²) < 4.78 is 5.11. The molecule has 134 valence electrons. The van der Waals surface area contributed by atoms with Gasteiger partial charge in [0.1, 0.15) is 0 Å². The first kappa shape index (κ1) is 18.8. The Bertz CT molecular complexity index is 930. The first-order chi connectivity index (χ1) is 12.5. The number of aromatic nitrogens is 2. The molecule has 2 aromatic carbocycles. The molecule has 0 aliphatic carbocycles. The highest BCUT2D eigenvalue weighted by atomic mass is 35.5. The highest BCUT2D eigenvalue weighted by Crippen LogP contribution is 2.26. The molecule has 0 atom stereocenters. The zero-order valence-corrected chi connectivity index (χ0v) is 16.2. The second-order valence-electron chi connectivity index (χ2n) is 5.44. The molecule has 0 bridgehead atoms. The minimum atomic E-state index is -0.180. The highest BCUT2D eigenvalue weighted by Gasteiger charge is 2.13. The van der Waals surface area contributed by atoms with Crippen LogP contribution >= 0.6 is 35.0 Å². The summed E-state index contributed by atoms with van der Waals surface area (Å²) >= 11 is 13.5. The molecule has 0 saturated carbocycles. The number of rotatable bonds is 6. The molecule has 0 aliphatic heterocycles. The Morgan fingerprint density at radius 1 is 1.23 bits per heavy atom. The summed E-state index contributed by atoms with van der Waals surface area (Å²) in [7, 11) is 0. The number of carbonyl (C=O) groups is 1. The lowest BCUT2D eigenvalue weighted by Gasteiger charge is -2.10. The lowest BCUT2D eigenvalue weighted by atomic mass is 10.2. The van der Waals surface area contributed by atoms with E-state index in [1.165, 1.54) is 11.8 Å². The number of carbonyl (C=O) groups excluding carboxylic acids is 1. The Kier molecular flexibility index (Phi) is 6.19. The Hall–Kier alpha value is -2.02. The van der Waals surface area contributed by atoms with Crippen LogP contribution in [0.1, 0.15) is 27.6 Å². The van der Waals surface area contributed by atoms with Crippen LogP contribution in [0.4, 0.5) is 0 Å². The molecule has 0 unspecified atom stereocenters. The van der Waals surface area contributed by atoms with E-state index in [0.717, 1.165) is 10.5 Å². The van der Waals surface area contributed by atoms with Gasteiger partial charge in [-0.2, -0.15) is 4.98 Å². The minimum Gasteiger partial charge on any atom is -0.348 e. The van der Waals surface area contributed by atoms with Crippen LogP contribution in [0, 0.1) is 6.92 Å². The van der Waals surface area contributed by atoms with Gasteiger partial charge in [0.05, 0.1) is 11.3 Å². The van der Waals surface area contributed by atoms with Gasteiger partial charge in [-0.25, -0.2) is 0 Å². The second kappa shape index (κ2) is 8.58. The number of hydrogen-bond donors (Lipinski definition) is 1. The van der Waals surface area contributed by atoms with E-state index < -0.39 is 0 Å². The fraction of sp³-hybridized carbons (Fsp3) is 0.167. The quantitative estimate of drug-likeness (QED) is 0.588. The molecule has 0 aliphatic rings. The molecule has 0 saturated heterocycles. The van der Waals surface area contributed by atoms with E-state index in [1.54, 1.807) is 31.2 Å². The van der Waals surface area contributed by atoms with Crippen molar-refractivity contribution in [2.75, 3.05) is 0 Å². The van der Waals surface area contributed by atoms with Crippen molar-refractivity contribution in [1.82, 2.24) is 15.5 Å². The van der Waals surface area contributed by atoms with Gasteiger partial charge in [-0.05, 0) is 36.8 Å². The number of nitrogens with one attached hydrogen (secondary N) is 1. The molecule has 0 radical (unpaired) electrons.